The Morgan fingerprint density at radius 2 is 1.90 bits per heavy atom. The van der Waals surface area contributed by atoms with Crippen molar-refractivity contribution in [1.82, 2.24) is 0 Å². The molecule has 0 bridgehead atoms. The van der Waals surface area contributed by atoms with E-state index in [9.17, 15) is 29.3 Å². The number of amides is 2. The van der Waals surface area contributed by atoms with Gasteiger partial charge in [0, 0.05) is 41.7 Å². The summed E-state index contributed by atoms with van der Waals surface area (Å²) < 4.78 is 0. The van der Waals surface area contributed by atoms with Crippen molar-refractivity contribution in [3.63, 3.8) is 0 Å². The normalized spacial score (nSPS) is 17.7. The number of carbonyl (C=O) groups is 4. The van der Waals surface area contributed by atoms with Crippen LogP contribution in [0, 0.1) is 16.0 Å². The zero-order chi connectivity index (χ0) is 15.0. The van der Waals surface area contributed by atoms with E-state index in [-0.39, 0.29) is 40.9 Å². The van der Waals surface area contributed by atoms with Gasteiger partial charge < -0.3 is 0 Å². The van der Waals surface area contributed by atoms with Crippen molar-refractivity contribution >= 4 is 64.3 Å². The minimum atomic E-state index is -1.65. The van der Waals surface area contributed by atoms with Crippen molar-refractivity contribution in [2.45, 2.75) is 6.92 Å². The van der Waals surface area contributed by atoms with E-state index in [0.29, 0.717) is 4.90 Å². The van der Waals surface area contributed by atoms with Crippen LogP contribution in [0.4, 0.5) is 11.4 Å². The van der Waals surface area contributed by atoms with E-state index in [0.717, 1.165) is 13.0 Å². The second-order valence-electron chi connectivity index (χ2n) is 4.16. The summed E-state index contributed by atoms with van der Waals surface area (Å²) >= 11 is 0. The number of nitro groups is 1. The van der Waals surface area contributed by atoms with Crippen LogP contribution in [0.25, 0.3) is 0 Å². The molecular formula is C12H8N2NaO6. The smallest absolute Gasteiger partial charge is 0.299 e. The third kappa shape index (κ3) is 2.92. The molecule has 1 saturated heterocycles. The Labute approximate surface area is 140 Å². The molecule has 1 radical (unpaired) electrons. The van der Waals surface area contributed by atoms with Crippen molar-refractivity contribution in [3.05, 3.63) is 34.4 Å². The van der Waals surface area contributed by atoms with Crippen molar-refractivity contribution in [1.29, 1.82) is 0 Å². The van der Waals surface area contributed by atoms with E-state index in [4.69, 9.17) is 0 Å². The van der Waals surface area contributed by atoms with Gasteiger partial charge in [0.2, 0.25) is 5.78 Å². The number of hydrogen-bond acceptors (Lipinski definition) is 6. The summed E-state index contributed by atoms with van der Waals surface area (Å²) in [6, 6.07) is 4.72. The first kappa shape index (κ1) is 17.2. The maximum absolute atomic E-state index is 11.9. The summed E-state index contributed by atoms with van der Waals surface area (Å²) in [5, 5.41) is 10.7. The van der Waals surface area contributed by atoms with Crippen LogP contribution in [0.1, 0.15) is 6.92 Å². The summed E-state index contributed by atoms with van der Waals surface area (Å²) in [6.45, 7) is 1.03. The molecule has 103 valence electrons. The van der Waals surface area contributed by atoms with Gasteiger partial charge in [-0.25, -0.2) is 4.90 Å². The Kier molecular flexibility index (Phi) is 5.10. The number of nitro benzene ring substituents is 1. The Bertz CT molecular complexity index is 671. The number of hydrogen-bond donors (Lipinski definition) is 0. The number of benzene rings is 1. The molecule has 8 nitrogen and oxygen atoms in total. The van der Waals surface area contributed by atoms with E-state index >= 15 is 0 Å². The van der Waals surface area contributed by atoms with Crippen LogP contribution >= 0.6 is 0 Å². The Morgan fingerprint density at radius 3 is 2.38 bits per heavy atom. The first-order valence-electron chi connectivity index (χ1n) is 5.51. The minimum absolute atomic E-state index is 0. The fraction of sp³-hybridized carbons (Fsp3) is 0.167. The average molecular weight is 299 g/mol. The molecule has 1 aromatic carbocycles. The molecule has 1 aromatic rings. The van der Waals surface area contributed by atoms with E-state index in [1.807, 2.05) is 0 Å². The van der Waals surface area contributed by atoms with E-state index in [1.54, 1.807) is 0 Å². The number of rotatable bonds is 3. The molecule has 0 N–H and O–H groups in total. The molecule has 1 unspecified atom stereocenters. The van der Waals surface area contributed by atoms with Gasteiger partial charge in [0.1, 0.15) is 5.78 Å². The van der Waals surface area contributed by atoms with Crippen LogP contribution in [0.5, 0.6) is 0 Å². The zero-order valence-corrected chi connectivity index (χ0v) is 13.2. The van der Waals surface area contributed by atoms with Crippen LogP contribution in [0.3, 0.4) is 0 Å². The maximum atomic E-state index is 11.9. The van der Waals surface area contributed by atoms with Crippen LogP contribution in [0.15, 0.2) is 24.3 Å². The van der Waals surface area contributed by atoms with E-state index in [2.05, 4.69) is 0 Å². The van der Waals surface area contributed by atoms with Gasteiger partial charge in [0.15, 0.2) is 5.92 Å². The maximum Gasteiger partial charge on any atom is 0.302 e. The SMILES string of the molecule is CC(=O)C1C(=O)C(=O)N(c2cccc([N+](=O)[O-])c2)C1=O.[Na]. The first-order valence-corrected chi connectivity index (χ1v) is 5.51. The Hall–Kier alpha value is -1.90. The molecule has 1 heterocycles. The molecule has 0 aromatic heterocycles. The van der Waals surface area contributed by atoms with Crippen molar-refractivity contribution in [3.8, 4) is 0 Å². The van der Waals surface area contributed by atoms with Gasteiger partial charge in [-0.05, 0) is 13.0 Å². The summed E-state index contributed by atoms with van der Waals surface area (Å²) in [6.07, 6.45) is 0. The van der Waals surface area contributed by atoms with Gasteiger partial charge in [0.05, 0.1) is 10.6 Å². The van der Waals surface area contributed by atoms with Gasteiger partial charge >= 0.3 is 5.91 Å². The summed E-state index contributed by atoms with van der Waals surface area (Å²) in [5.74, 6) is -5.64. The zero-order valence-electron chi connectivity index (χ0n) is 11.2. The monoisotopic (exact) mass is 299 g/mol. The van der Waals surface area contributed by atoms with Crippen LogP contribution in [-0.2, 0) is 19.2 Å². The largest absolute Gasteiger partial charge is 0.302 e. The second kappa shape index (κ2) is 6.25. The molecule has 9 heteroatoms. The molecule has 0 aliphatic carbocycles. The third-order valence-corrected chi connectivity index (χ3v) is 2.85. The molecule has 1 aliphatic rings. The minimum Gasteiger partial charge on any atom is -0.299 e. The molecule has 0 saturated carbocycles. The van der Waals surface area contributed by atoms with Crippen molar-refractivity contribution in [2.24, 2.45) is 5.92 Å². The first-order chi connectivity index (χ1) is 9.34. The van der Waals surface area contributed by atoms with Gasteiger partial charge in [0.25, 0.3) is 11.6 Å². The molecule has 2 rings (SSSR count). The fourth-order valence-electron chi connectivity index (χ4n) is 1.92. The number of non-ortho nitro benzene ring substituents is 1. The number of carbonyl (C=O) groups excluding carboxylic acids is 4. The van der Waals surface area contributed by atoms with Crippen LogP contribution < -0.4 is 4.90 Å². The second-order valence-corrected chi connectivity index (χ2v) is 4.16. The number of anilines is 1. The summed E-state index contributed by atoms with van der Waals surface area (Å²) in [7, 11) is 0. The quantitative estimate of drug-likeness (QED) is 0.192. The summed E-state index contributed by atoms with van der Waals surface area (Å²) in [5.41, 5.74) is -0.437. The number of imide groups is 1. The van der Waals surface area contributed by atoms with Crippen molar-refractivity contribution in [2.75, 3.05) is 4.90 Å². The molecule has 2 amide bonds. The number of ketones is 2. The molecule has 1 fully saturated rings. The number of nitrogens with zero attached hydrogens (tertiary/aromatic N) is 2. The van der Waals surface area contributed by atoms with Crippen LogP contribution in [-0.4, -0.2) is 57.9 Å². The third-order valence-electron chi connectivity index (χ3n) is 2.85. The topological polar surface area (TPSA) is 115 Å². The predicted octanol–water partition coefficient (Wildman–Crippen LogP) is -0.139. The van der Waals surface area contributed by atoms with Gasteiger partial charge in [-0.1, -0.05) is 6.07 Å². The van der Waals surface area contributed by atoms with Gasteiger partial charge in [-0.2, -0.15) is 0 Å². The molecule has 21 heavy (non-hydrogen) atoms. The number of Topliss-reactive ketones (excluding diaryl/α,β-unsaturated/α-hetero) is 2. The van der Waals surface area contributed by atoms with Gasteiger partial charge in [-0.3, -0.25) is 29.3 Å². The Balaban J connectivity index is 0.00000220. The predicted molar refractivity (Wildman–Crippen MR) is 70.5 cm³/mol. The van der Waals surface area contributed by atoms with E-state index < -0.39 is 34.2 Å². The van der Waals surface area contributed by atoms with Crippen LogP contribution in [0.2, 0.25) is 0 Å². The van der Waals surface area contributed by atoms with Crippen molar-refractivity contribution < 1.29 is 24.1 Å². The van der Waals surface area contributed by atoms with E-state index in [1.165, 1.54) is 18.2 Å². The fourth-order valence-corrected chi connectivity index (χ4v) is 1.92. The average Bonchev–Trinajstić information content (AvgIpc) is 2.60. The van der Waals surface area contributed by atoms with Gasteiger partial charge in [-0.15, -0.1) is 0 Å². The standard InChI is InChI=1S/C12H8N2O6.Na/c1-6(15)9-10(16)12(18)13(11(9)17)7-3-2-4-8(5-7)14(19)20;/h2-5,9H,1H3;. The summed E-state index contributed by atoms with van der Waals surface area (Å²) in [4.78, 5) is 57.0. The Morgan fingerprint density at radius 1 is 1.29 bits per heavy atom. The molecule has 0 spiro atoms. The molecular weight excluding hydrogens is 291 g/mol. The molecule has 1 atom stereocenters. The molecule has 1 aliphatic heterocycles.